The van der Waals surface area contributed by atoms with E-state index < -0.39 is 0 Å². The topological polar surface area (TPSA) is 60.5 Å². The minimum atomic E-state index is -0.184. The van der Waals surface area contributed by atoms with Gasteiger partial charge in [0.25, 0.3) is 0 Å². The van der Waals surface area contributed by atoms with Gasteiger partial charge in [0, 0.05) is 7.11 Å². The van der Waals surface area contributed by atoms with Crippen molar-refractivity contribution in [2.24, 2.45) is 5.10 Å². The molecule has 2 heterocycles. The fraction of sp³-hybridized carbons (Fsp3) is 0.385. The van der Waals surface area contributed by atoms with Crippen LogP contribution in [0.15, 0.2) is 34.2 Å². The maximum atomic E-state index is 12.7. The Morgan fingerprint density at radius 1 is 1.40 bits per heavy atom. The number of ether oxygens (including phenoxy) is 1. The number of hydrogen-bond acceptors (Lipinski definition) is 5. The van der Waals surface area contributed by atoms with Crippen LogP contribution in [0.25, 0.3) is 11.0 Å². The third-order valence-electron chi connectivity index (χ3n) is 3.24. The molecule has 1 aliphatic heterocycles. The van der Waals surface area contributed by atoms with Gasteiger partial charge in [0.15, 0.2) is 5.50 Å². The van der Waals surface area contributed by atoms with Crippen LogP contribution in [0.4, 0.5) is 0 Å². The zero-order valence-corrected chi connectivity index (χ0v) is 12.2. The van der Waals surface area contributed by atoms with Gasteiger partial charge in [-0.2, -0.15) is 5.10 Å². The van der Waals surface area contributed by atoms with Gasteiger partial charge >= 0.3 is 5.69 Å². The van der Waals surface area contributed by atoms with Crippen molar-refractivity contribution in [1.82, 2.24) is 14.6 Å². The van der Waals surface area contributed by atoms with Crippen molar-refractivity contribution < 1.29 is 4.74 Å². The van der Waals surface area contributed by atoms with Crippen LogP contribution >= 0.6 is 11.8 Å². The van der Waals surface area contributed by atoms with E-state index in [9.17, 15) is 4.79 Å². The molecule has 0 aliphatic carbocycles. The van der Waals surface area contributed by atoms with Crippen LogP contribution in [0.2, 0.25) is 0 Å². The lowest BCUT2D eigenvalue weighted by atomic mass is 10.3. The van der Waals surface area contributed by atoms with E-state index in [1.807, 2.05) is 31.2 Å². The average molecular weight is 292 g/mol. The lowest BCUT2D eigenvalue weighted by Gasteiger charge is -2.10. The van der Waals surface area contributed by atoms with Gasteiger partial charge in [-0.05, 0) is 19.1 Å². The Morgan fingerprint density at radius 2 is 2.15 bits per heavy atom. The Kier molecular flexibility index (Phi) is 3.54. The van der Waals surface area contributed by atoms with E-state index in [0.29, 0.717) is 13.2 Å². The zero-order chi connectivity index (χ0) is 14.1. The third-order valence-corrected chi connectivity index (χ3v) is 4.21. The summed E-state index contributed by atoms with van der Waals surface area (Å²) in [7, 11) is 1.63. The first-order valence-corrected chi connectivity index (χ1v) is 7.25. The molecule has 0 radical (unpaired) electrons. The summed E-state index contributed by atoms with van der Waals surface area (Å²) in [6.45, 7) is 2.97. The summed E-state index contributed by atoms with van der Waals surface area (Å²) < 4.78 is 8.58. The summed E-state index contributed by atoms with van der Waals surface area (Å²) in [4.78, 5) is 12.7. The second kappa shape index (κ2) is 5.34. The number of thioether (sulfide) groups is 1. The number of hydrogen-bond donors (Lipinski definition) is 1. The van der Waals surface area contributed by atoms with Crippen molar-refractivity contribution in [2.45, 2.75) is 19.0 Å². The molecular formula is C13H16N4O2S. The molecule has 1 atom stereocenters. The zero-order valence-electron chi connectivity index (χ0n) is 11.4. The first-order chi connectivity index (χ1) is 9.72. The van der Waals surface area contributed by atoms with Crippen LogP contribution in [0.3, 0.4) is 0 Å². The maximum absolute atomic E-state index is 12.7. The van der Waals surface area contributed by atoms with E-state index in [1.165, 1.54) is 0 Å². The van der Waals surface area contributed by atoms with Crippen molar-refractivity contribution in [3.8, 4) is 0 Å². The monoisotopic (exact) mass is 292 g/mol. The van der Waals surface area contributed by atoms with Gasteiger partial charge in [0.2, 0.25) is 0 Å². The van der Waals surface area contributed by atoms with Crippen molar-refractivity contribution in [1.29, 1.82) is 0 Å². The lowest BCUT2D eigenvalue weighted by Crippen LogP contribution is -2.30. The molecular weight excluding hydrogens is 276 g/mol. The van der Waals surface area contributed by atoms with Crippen molar-refractivity contribution in [2.75, 3.05) is 13.7 Å². The van der Waals surface area contributed by atoms with E-state index in [-0.39, 0.29) is 11.2 Å². The van der Waals surface area contributed by atoms with E-state index in [0.717, 1.165) is 16.1 Å². The number of fused-ring (bicyclic) bond motifs is 1. The van der Waals surface area contributed by atoms with Gasteiger partial charge in [-0.1, -0.05) is 23.9 Å². The molecule has 2 aromatic rings. The van der Waals surface area contributed by atoms with Gasteiger partial charge in [-0.15, -0.1) is 0 Å². The van der Waals surface area contributed by atoms with Gasteiger partial charge in [0.05, 0.1) is 29.2 Å². The molecule has 1 aromatic heterocycles. The van der Waals surface area contributed by atoms with Crippen molar-refractivity contribution in [3.63, 3.8) is 0 Å². The Morgan fingerprint density at radius 3 is 2.80 bits per heavy atom. The predicted molar refractivity (Wildman–Crippen MR) is 80.9 cm³/mol. The first-order valence-electron chi connectivity index (χ1n) is 6.37. The van der Waals surface area contributed by atoms with E-state index in [1.54, 1.807) is 28.0 Å². The van der Waals surface area contributed by atoms with E-state index in [2.05, 4.69) is 10.5 Å². The molecule has 1 aromatic carbocycles. The average Bonchev–Trinajstić information content (AvgIpc) is 2.98. The molecule has 0 amide bonds. The number of para-hydroxylation sites is 2. The van der Waals surface area contributed by atoms with Crippen LogP contribution in [0, 0.1) is 0 Å². The molecule has 0 spiro atoms. The number of benzene rings is 1. The summed E-state index contributed by atoms with van der Waals surface area (Å²) in [6.07, 6.45) is 0. The maximum Gasteiger partial charge on any atom is 0.331 e. The SMILES string of the molecule is COCCn1c(=O)n(C2NN=C(C)S2)c2ccccc21. The molecule has 1 aliphatic rings. The van der Waals surface area contributed by atoms with Crippen LogP contribution in [0.1, 0.15) is 12.4 Å². The molecule has 3 rings (SSSR count). The minimum Gasteiger partial charge on any atom is -0.383 e. The quantitative estimate of drug-likeness (QED) is 0.929. The number of aromatic nitrogens is 2. The normalized spacial score (nSPS) is 18.3. The van der Waals surface area contributed by atoms with Crippen LogP contribution < -0.4 is 11.1 Å². The third kappa shape index (κ3) is 2.12. The molecule has 0 saturated heterocycles. The Bertz CT molecular complexity index is 719. The Hall–Kier alpha value is -1.73. The number of nitrogens with zero attached hydrogens (tertiary/aromatic N) is 3. The molecule has 6 nitrogen and oxygen atoms in total. The summed E-state index contributed by atoms with van der Waals surface area (Å²) in [5.41, 5.74) is 4.59. The Balaban J connectivity index is 2.12. The van der Waals surface area contributed by atoms with Crippen LogP contribution in [-0.2, 0) is 11.3 Å². The summed E-state index contributed by atoms with van der Waals surface area (Å²) in [5.74, 6) is 0. The molecule has 0 saturated carbocycles. The predicted octanol–water partition coefficient (Wildman–Crippen LogP) is 1.58. The highest BCUT2D eigenvalue weighted by Gasteiger charge is 2.24. The summed E-state index contributed by atoms with van der Waals surface area (Å²) in [5, 5.41) is 5.08. The number of imidazole rings is 1. The second-order valence-corrected chi connectivity index (χ2v) is 5.79. The van der Waals surface area contributed by atoms with E-state index in [4.69, 9.17) is 4.74 Å². The first kappa shape index (κ1) is 13.3. The highest BCUT2D eigenvalue weighted by Crippen LogP contribution is 2.28. The minimum absolute atomic E-state index is 0.0434. The van der Waals surface area contributed by atoms with Crippen LogP contribution in [0.5, 0.6) is 0 Å². The van der Waals surface area contributed by atoms with Gasteiger partial charge in [-0.3, -0.25) is 14.6 Å². The number of nitrogens with one attached hydrogen (secondary N) is 1. The standard InChI is InChI=1S/C13H16N4O2S/c1-9-14-15-12(20-9)17-11-6-4-3-5-10(11)16(13(17)18)7-8-19-2/h3-6,12,15H,7-8H2,1-2H3. The highest BCUT2D eigenvalue weighted by atomic mass is 32.2. The molecule has 7 heteroatoms. The lowest BCUT2D eigenvalue weighted by molar-refractivity contribution is 0.187. The Labute approximate surface area is 120 Å². The number of hydrazone groups is 1. The molecule has 106 valence electrons. The fourth-order valence-electron chi connectivity index (χ4n) is 2.33. The number of rotatable bonds is 4. The second-order valence-electron chi connectivity index (χ2n) is 4.52. The number of methoxy groups -OCH3 is 1. The van der Waals surface area contributed by atoms with Crippen LogP contribution in [-0.4, -0.2) is 27.9 Å². The van der Waals surface area contributed by atoms with Gasteiger partial charge in [0.1, 0.15) is 0 Å². The largest absolute Gasteiger partial charge is 0.383 e. The molecule has 0 fully saturated rings. The van der Waals surface area contributed by atoms with E-state index >= 15 is 0 Å². The summed E-state index contributed by atoms with van der Waals surface area (Å²) in [6, 6.07) is 7.78. The highest BCUT2D eigenvalue weighted by molar-refractivity contribution is 8.14. The molecule has 0 bridgehead atoms. The smallest absolute Gasteiger partial charge is 0.331 e. The molecule has 20 heavy (non-hydrogen) atoms. The van der Waals surface area contributed by atoms with Crippen molar-refractivity contribution in [3.05, 3.63) is 34.7 Å². The molecule has 1 N–H and O–H groups in total. The van der Waals surface area contributed by atoms with Crippen molar-refractivity contribution >= 4 is 27.8 Å². The fourth-order valence-corrected chi connectivity index (χ4v) is 3.17. The van der Waals surface area contributed by atoms with Gasteiger partial charge in [-0.25, -0.2) is 4.79 Å². The summed E-state index contributed by atoms with van der Waals surface area (Å²) >= 11 is 1.54. The van der Waals surface area contributed by atoms with Gasteiger partial charge < -0.3 is 4.74 Å². The molecule has 1 unspecified atom stereocenters.